The molecule has 14 aromatic rings. The van der Waals surface area contributed by atoms with Gasteiger partial charge in [0.05, 0.1) is 50.2 Å². The fourth-order valence-electron chi connectivity index (χ4n) is 10.9. The van der Waals surface area contributed by atoms with E-state index in [-0.39, 0.29) is 0 Å². The van der Waals surface area contributed by atoms with E-state index in [2.05, 4.69) is 281 Å². The average Bonchev–Trinajstić information content (AvgIpc) is 4.11. The minimum atomic E-state index is 0.873. The second-order valence-electron chi connectivity index (χ2n) is 18.3. The standard InChI is InChI=1S/C67H44N4/c1-6-19-45(20-7-1)50-33-37-59-54(41-50)55-42-51(46-21-8-2-9-22-46)34-38-60(55)69(59)64-31-18-32-65(66(64)71-63-30-17-16-29-58(63)68-67(71)49-27-14-5-15-28-49)70-61-39-35-52(47-23-10-3-11-24-47)43-56(61)57-44-53(36-40-62(57)70)48-25-12-4-13-26-48/h1-44H. The number of imidazole rings is 1. The number of nitrogens with zero attached hydrogens (tertiary/aromatic N) is 4. The van der Waals surface area contributed by atoms with E-state index in [0.717, 1.165) is 61.6 Å². The summed E-state index contributed by atoms with van der Waals surface area (Å²) in [6.45, 7) is 0. The van der Waals surface area contributed by atoms with Gasteiger partial charge in [-0.2, -0.15) is 0 Å². The summed E-state index contributed by atoms with van der Waals surface area (Å²) in [5, 5.41) is 4.75. The molecule has 3 aromatic heterocycles. The number of hydrogen-bond donors (Lipinski definition) is 0. The zero-order valence-electron chi connectivity index (χ0n) is 38.7. The monoisotopic (exact) mass is 904 g/mol. The number of para-hydroxylation sites is 3. The van der Waals surface area contributed by atoms with Crippen LogP contribution in [0.2, 0.25) is 0 Å². The van der Waals surface area contributed by atoms with E-state index in [1.54, 1.807) is 0 Å². The topological polar surface area (TPSA) is 27.7 Å². The number of aromatic nitrogens is 4. The fourth-order valence-corrected chi connectivity index (χ4v) is 10.9. The summed E-state index contributed by atoms with van der Waals surface area (Å²) >= 11 is 0. The molecule has 11 aromatic carbocycles. The van der Waals surface area contributed by atoms with Gasteiger partial charge in [-0.25, -0.2) is 4.98 Å². The highest BCUT2D eigenvalue weighted by atomic mass is 15.2. The van der Waals surface area contributed by atoms with Gasteiger partial charge in [-0.1, -0.05) is 194 Å². The van der Waals surface area contributed by atoms with Crippen molar-refractivity contribution in [2.24, 2.45) is 0 Å². The molecular formula is C67H44N4. The molecule has 4 nitrogen and oxygen atoms in total. The molecule has 332 valence electrons. The maximum Gasteiger partial charge on any atom is 0.145 e. The molecular weight excluding hydrogens is 861 g/mol. The maximum absolute atomic E-state index is 5.48. The Bertz CT molecular complexity index is 3890. The highest BCUT2D eigenvalue weighted by molar-refractivity contribution is 6.14. The van der Waals surface area contributed by atoms with Gasteiger partial charge in [0.1, 0.15) is 5.82 Å². The van der Waals surface area contributed by atoms with Crippen LogP contribution in [0.5, 0.6) is 0 Å². The first-order valence-electron chi connectivity index (χ1n) is 24.3. The molecule has 0 unspecified atom stereocenters. The smallest absolute Gasteiger partial charge is 0.145 e. The van der Waals surface area contributed by atoms with Crippen molar-refractivity contribution in [3.05, 3.63) is 267 Å². The summed E-state index contributed by atoms with van der Waals surface area (Å²) in [4.78, 5) is 5.48. The van der Waals surface area contributed by atoms with Crippen LogP contribution in [0.15, 0.2) is 267 Å². The van der Waals surface area contributed by atoms with Gasteiger partial charge in [-0.15, -0.1) is 0 Å². The zero-order valence-corrected chi connectivity index (χ0v) is 38.7. The van der Waals surface area contributed by atoms with Crippen molar-refractivity contribution in [2.45, 2.75) is 0 Å². The van der Waals surface area contributed by atoms with Crippen LogP contribution < -0.4 is 0 Å². The van der Waals surface area contributed by atoms with Crippen LogP contribution in [0.3, 0.4) is 0 Å². The minimum Gasteiger partial charge on any atom is -0.307 e. The zero-order chi connectivity index (χ0) is 46.8. The molecule has 4 heteroatoms. The van der Waals surface area contributed by atoms with Crippen LogP contribution in [-0.2, 0) is 0 Å². The third-order valence-electron chi connectivity index (χ3n) is 14.3. The van der Waals surface area contributed by atoms with Crippen molar-refractivity contribution in [2.75, 3.05) is 0 Å². The molecule has 0 aliphatic heterocycles. The Morgan fingerprint density at radius 2 is 0.549 bits per heavy atom. The lowest BCUT2D eigenvalue weighted by atomic mass is 10.0. The molecule has 0 bridgehead atoms. The lowest BCUT2D eigenvalue weighted by Gasteiger charge is -2.22. The van der Waals surface area contributed by atoms with E-state index in [4.69, 9.17) is 4.98 Å². The lowest BCUT2D eigenvalue weighted by molar-refractivity contribution is 1.02. The summed E-state index contributed by atoms with van der Waals surface area (Å²) in [7, 11) is 0. The molecule has 0 radical (unpaired) electrons. The maximum atomic E-state index is 5.48. The molecule has 0 N–H and O–H groups in total. The highest BCUT2D eigenvalue weighted by Gasteiger charge is 2.26. The van der Waals surface area contributed by atoms with Crippen molar-refractivity contribution >= 4 is 54.6 Å². The van der Waals surface area contributed by atoms with Crippen LogP contribution >= 0.6 is 0 Å². The van der Waals surface area contributed by atoms with Gasteiger partial charge in [-0.05, 0) is 117 Å². The van der Waals surface area contributed by atoms with Crippen molar-refractivity contribution in [1.82, 2.24) is 18.7 Å². The third kappa shape index (κ3) is 6.72. The van der Waals surface area contributed by atoms with Gasteiger partial charge in [0, 0.05) is 27.1 Å². The van der Waals surface area contributed by atoms with Crippen molar-refractivity contribution < 1.29 is 0 Å². The predicted octanol–water partition coefficient (Wildman–Crippen LogP) is 17.6. The molecule has 0 amide bonds. The molecule has 0 atom stereocenters. The summed E-state index contributed by atoms with van der Waals surface area (Å²) in [5.41, 5.74) is 20.0. The second kappa shape index (κ2) is 16.6. The van der Waals surface area contributed by atoms with Gasteiger partial charge in [0.2, 0.25) is 0 Å². The van der Waals surface area contributed by atoms with E-state index in [0.29, 0.717) is 0 Å². The van der Waals surface area contributed by atoms with Gasteiger partial charge >= 0.3 is 0 Å². The Labute approximate surface area is 411 Å². The first-order valence-corrected chi connectivity index (χ1v) is 24.3. The van der Waals surface area contributed by atoms with E-state index >= 15 is 0 Å². The summed E-state index contributed by atoms with van der Waals surface area (Å²) in [6, 6.07) is 96.8. The normalized spacial score (nSPS) is 11.7. The molecule has 0 fully saturated rings. The fraction of sp³-hybridized carbons (Fsp3) is 0. The average molecular weight is 905 g/mol. The SMILES string of the molecule is c1ccc(-c2ccc3c(c2)c2cc(-c4ccccc4)ccc2n3-c2cccc(-n3c4ccc(-c5ccccc5)cc4c4cc(-c5ccccc5)ccc43)c2-n2c(-c3ccccc3)nc3ccccc32)cc1. The molecule has 14 rings (SSSR count). The van der Waals surface area contributed by atoms with Gasteiger partial charge in [-0.3, -0.25) is 4.57 Å². The van der Waals surface area contributed by atoms with Crippen LogP contribution in [-0.4, -0.2) is 18.7 Å². The van der Waals surface area contributed by atoms with E-state index < -0.39 is 0 Å². The third-order valence-corrected chi connectivity index (χ3v) is 14.3. The van der Waals surface area contributed by atoms with Gasteiger partial charge < -0.3 is 9.13 Å². The number of rotatable bonds is 8. The molecule has 0 saturated carbocycles. The molecule has 71 heavy (non-hydrogen) atoms. The number of fused-ring (bicyclic) bond motifs is 7. The molecule has 0 aliphatic rings. The second-order valence-corrected chi connectivity index (χ2v) is 18.3. The van der Waals surface area contributed by atoms with Gasteiger partial charge in [0.15, 0.2) is 0 Å². The quantitative estimate of drug-likeness (QED) is 0.149. The van der Waals surface area contributed by atoms with Crippen molar-refractivity contribution in [3.8, 4) is 73.0 Å². The summed E-state index contributed by atoms with van der Waals surface area (Å²) in [6.07, 6.45) is 0. The Morgan fingerprint density at radius 1 is 0.225 bits per heavy atom. The van der Waals surface area contributed by atoms with Gasteiger partial charge in [0.25, 0.3) is 0 Å². The summed E-state index contributed by atoms with van der Waals surface area (Å²) < 4.78 is 7.40. The van der Waals surface area contributed by atoms with Crippen LogP contribution in [0.4, 0.5) is 0 Å². The predicted molar refractivity (Wildman–Crippen MR) is 297 cm³/mol. The Morgan fingerprint density at radius 3 is 0.915 bits per heavy atom. The Balaban J connectivity index is 1.13. The van der Waals surface area contributed by atoms with E-state index in [9.17, 15) is 0 Å². The largest absolute Gasteiger partial charge is 0.307 e. The number of benzene rings is 11. The van der Waals surface area contributed by atoms with Crippen molar-refractivity contribution in [1.29, 1.82) is 0 Å². The van der Waals surface area contributed by atoms with Crippen LogP contribution in [0, 0.1) is 0 Å². The molecule has 0 aliphatic carbocycles. The molecule has 0 spiro atoms. The Kier molecular flexibility index (Phi) is 9.49. The van der Waals surface area contributed by atoms with Crippen molar-refractivity contribution in [3.63, 3.8) is 0 Å². The minimum absolute atomic E-state index is 0.873. The lowest BCUT2D eigenvalue weighted by Crippen LogP contribution is -2.10. The first kappa shape index (κ1) is 40.5. The number of hydrogen-bond acceptors (Lipinski definition) is 1. The summed E-state index contributed by atoms with van der Waals surface area (Å²) in [5.74, 6) is 0.873. The molecule has 0 saturated heterocycles. The molecule has 3 heterocycles. The van der Waals surface area contributed by atoms with E-state index in [1.807, 2.05) is 0 Å². The van der Waals surface area contributed by atoms with Crippen LogP contribution in [0.25, 0.3) is 128 Å². The Hall–Kier alpha value is -9.51. The first-order chi connectivity index (χ1) is 35.2. The van der Waals surface area contributed by atoms with E-state index in [1.165, 1.54) is 66.1 Å². The highest BCUT2D eigenvalue weighted by Crippen LogP contribution is 2.44. The van der Waals surface area contributed by atoms with Crippen LogP contribution in [0.1, 0.15) is 0 Å².